The summed E-state index contributed by atoms with van der Waals surface area (Å²) in [6, 6.07) is 4.94. The van der Waals surface area contributed by atoms with Crippen LogP contribution in [0.5, 0.6) is 5.75 Å². The molecule has 0 aromatic heterocycles. The molecule has 0 fully saturated rings. The van der Waals surface area contributed by atoms with Crippen LogP contribution in [0.25, 0.3) is 0 Å². The van der Waals surface area contributed by atoms with Crippen molar-refractivity contribution in [3.63, 3.8) is 0 Å². The molecule has 0 heterocycles. The minimum Gasteiger partial charge on any atom is -0.487 e. The largest absolute Gasteiger partial charge is 0.487 e. The van der Waals surface area contributed by atoms with Crippen LogP contribution in [0.15, 0.2) is 18.2 Å². The predicted octanol–water partition coefficient (Wildman–Crippen LogP) is 2.56. The molecule has 0 amide bonds. The van der Waals surface area contributed by atoms with Gasteiger partial charge in [0.15, 0.2) is 5.75 Å². The first-order valence-corrected chi connectivity index (χ1v) is 8.15. The summed E-state index contributed by atoms with van der Waals surface area (Å²) in [5.41, 5.74) is 0.370. The molecule has 1 N–H and O–H groups in total. The van der Waals surface area contributed by atoms with Crippen molar-refractivity contribution in [2.45, 2.75) is 26.3 Å². The molecule has 2 unspecified atom stereocenters. The van der Waals surface area contributed by atoms with Gasteiger partial charge in [0, 0.05) is 28.9 Å². The van der Waals surface area contributed by atoms with Crippen molar-refractivity contribution < 1.29 is 13.9 Å². The Bertz CT molecular complexity index is 493. The first-order chi connectivity index (χ1) is 9.45. The standard InChI is InChI=1S/C13H20N2O4S/c1-4-19-12-7-5-6-11(13(12)15(16)17)14-10(2)8-9-20(3)18/h5-7,10,14H,4,8-9H2,1-3H3. The molecule has 0 saturated heterocycles. The number of nitrogens with zero attached hydrogens (tertiary/aromatic N) is 1. The van der Waals surface area contributed by atoms with Crippen molar-refractivity contribution in [2.75, 3.05) is 23.9 Å². The number of hydrogen-bond acceptors (Lipinski definition) is 5. The maximum Gasteiger partial charge on any atom is 0.333 e. The van der Waals surface area contributed by atoms with E-state index in [1.807, 2.05) is 6.92 Å². The van der Waals surface area contributed by atoms with Gasteiger partial charge in [0.2, 0.25) is 0 Å². The van der Waals surface area contributed by atoms with Crippen LogP contribution >= 0.6 is 0 Å². The fourth-order valence-electron chi connectivity index (χ4n) is 1.78. The van der Waals surface area contributed by atoms with Gasteiger partial charge in [-0.3, -0.25) is 14.3 Å². The lowest BCUT2D eigenvalue weighted by atomic mass is 10.2. The Balaban J connectivity index is 2.90. The lowest BCUT2D eigenvalue weighted by molar-refractivity contribution is -0.385. The summed E-state index contributed by atoms with van der Waals surface area (Å²) in [6.07, 6.45) is 2.32. The van der Waals surface area contributed by atoms with E-state index in [-0.39, 0.29) is 17.5 Å². The number of anilines is 1. The average molecular weight is 300 g/mol. The van der Waals surface area contributed by atoms with E-state index in [1.165, 1.54) is 0 Å². The van der Waals surface area contributed by atoms with Crippen LogP contribution in [-0.2, 0) is 10.8 Å². The number of rotatable bonds is 8. The Kier molecular flexibility index (Phi) is 6.44. The molecule has 0 spiro atoms. The van der Waals surface area contributed by atoms with Gasteiger partial charge in [-0.25, -0.2) is 0 Å². The lowest BCUT2D eigenvalue weighted by Gasteiger charge is -2.15. The third-order valence-electron chi connectivity index (χ3n) is 2.72. The summed E-state index contributed by atoms with van der Waals surface area (Å²) in [6.45, 7) is 4.06. The van der Waals surface area contributed by atoms with Crippen LogP contribution in [0.1, 0.15) is 20.3 Å². The van der Waals surface area contributed by atoms with Gasteiger partial charge in [0.05, 0.1) is 11.5 Å². The number of nitrogens with one attached hydrogen (secondary N) is 1. The third kappa shape index (κ3) is 4.80. The van der Waals surface area contributed by atoms with Crippen LogP contribution < -0.4 is 10.1 Å². The van der Waals surface area contributed by atoms with Crippen molar-refractivity contribution in [3.05, 3.63) is 28.3 Å². The first kappa shape index (κ1) is 16.4. The summed E-state index contributed by atoms with van der Waals surface area (Å²) in [7, 11) is -0.864. The fourth-order valence-corrected chi connectivity index (χ4v) is 2.46. The predicted molar refractivity (Wildman–Crippen MR) is 80.9 cm³/mol. The van der Waals surface area contributed by atoms with E-state index in [2.05, 4.69) is 5.32 Å². The van der Waals surface area contributed by atoms with Crippen LogP contribution in [-0.4, -0.2) is 33.8 Å². The molecule has 2 atom stereocenters. The second kappa shape index (κ2) is 7.84. The molecule has 6 nitrogen and oxygen atoms in total. The Hall–Kier alpha value is -1.63. The molecule has 0 bridgehead atoms. The van der Waals surface area contributed by atoms with E-state index in [1.54, 1.807) is 31.4 Å². The molecule has 0 radical (unpaired) electrons. The van der Waals surface area contributed by atoms with Crippen molar-refractivity contribution in [2.24, 2.45) is 0 Å². The zero-order valence-electron chi connectivity index (χ0n) is 11.9. The van der Waals surface area contributed by atoms with E-state index >= 15 is 0 Å². The zero-order valence-corrected chi connectivity index (χ0v) is 12.7. The van der Waals surface area contributed by atoms with E-state index < -0.39 is 15.7 Å². The molecule has 7 heteroatoms. The molecule has 1 rings (SSSR count). The van der Waals surface area contributed by atoms with Gasteiger partial charge in [-0.15, -0.1) is 0 Å². The highest BCUT2D eigenvalue weighted by Crippen LogP contribution is 2.35. The molecule has 0 saturated carbocycles. The van der Waals surface area contributed by atoms with Gasteiger partial charge < -0.3 is 10.1 Å². The highest BCUT2D eigenvalue weighted by molar-refractivity contribution is 7.84. The molecular weight excluding hydrogens is 280 g/mol. The van der Waals surface area contributed by atoms with Gasteiger partial charge in [-0.2, -0.15) is 0 Å². The van der Waals surface area contributed by atoms with Crippen LogP contribution in [0.2, 0.25) is 0 Å². The summed E-state index contributed by atoms with van der Waals surface area (Å²) in [4.78, 5) is 10.8. The molecule has 112 valence electrons. The number of benzene rings is 1. The Morgan fingerprint density at radius 2 is 2.20 bits per heavy atom. The van der Waals surface area contributed by atoms with Gasteiger partial charge in [0.25, 0.3) is 0 Å². The second-order valence-electron chi connectivity index (χ2n) is 4.45. The fraction of sp³-hybridized carbons (Fsp3) is 0.538. The van der Waals surface area contributed by atoms with Gasteiger partial charge >= 0.3 is 5.69 Å². The molecule has 0 aliphatic heterocycles. The molecular formula is C13H20N2O4S. The summed E-state index contributed by atoms with van der Waals surface area (Å²) < 4.78 is 16.4. The monoisotopic (exact) mass is 300 g/mol. The Morgan fingerprint density at radius 1 is 1.50 bits per heavy atom. The van der Waals surface area contributed by atoms with Crippen molar-refractivity contribution >= 4 is 22.2 Å². The van der Waals surface area contributed by atoms with E-state index in [9.17, 15) is 14.3 Å². The minimum atomic E-state index is -0.864. The Morgan fingerprint density at radius 3 is 2.75 bits per heavy atom. The van der Waals surface area contributed by atoms with E-state index in [0.717, 1.165) is 0 Å². The minimum absolute atomic E-state index is 0.00511. The zero-order chi connectivity index (χ0) is 15.1. The summed E-state index contributed by atoms with van der Waals surface area (Å²) in [5, 5.41) is 14.3. The molecule has 1 aromatic rings. The average Bonchev–Trinajstić information content (AvgIpc) is 2.36. The Labute approximate surface area is 121 Å². The normalized spacial score (nSPS) is 13.6. The molecule has 20 heavy (non-hydrogen) atoms. The quantitative estimate of drug-likeness (QED) is 0.589. The highest BCUT2D eigenvalue weighted by Gasteiger charge is 2.21. The van der Waals surface area contributed by atoms with Crippen molar-refractivity contribution in [1.29, 1.82) is 0 Å². The summed E-state index contributed by atoms with van der Waals surface area (Å²) in [5.74, 6) is 0.821. The number of ether oxygens (including phenoxy) is 1. The van der Waals surface area contributed by atoms with Gasteiger partial charge in [-0.1, -0.05) is 6.07 Å². The first-order valence-electron chi connectivity index (χ1n) is 6.42. The lowest BCUT2D eigenvalue weighted by Crippen LogP contribution is -2.18. The smallest absolute Gasteiger partial charge is 0.333 e. The molecule has 1 aromatic carbocycles. The topological polar surface area (TPSA) is 81.5 Å². The summed E-state index contributed by atoms with van der Waals surface area (Å²) >= 11 is 0. The van der Waals surface area contributed by atoms with Crippen LogP contribution in [0, 0.1) is 10.1 Å². The van der Waals surface area contributed by atoms with Crippen LogP contribution in [0.3, 0.4) is 0 Å². The van der Waals surface area contributed by atoms with Gasteiger partial charge in [0.1, 0.15) is 5.69 Å². The number of para-hydroxylation sites is 1. The maximum atomic E-state index is 11.2. The van der Waals surface area contributed by atoms with Gasteiger partial charge in [-0.05, 0) is 32.4 Å². The molecule has 0 aliphatic carbocycles. The van der Waals surface area contributed by atoms with Crippen molar-refractivity contribution in [3.8, 4) is 5.75 Å². The second-order valence-corrected chi connectivity index (χ2v) is 6.01. The van der Waals surface area contributed by atoms with Crippen molar-refractivity contribution in [1.82, 2.24) is 0 Å². The number of hydrogen-bond donors (Lipinski definition) is 1. The number of nitro groups is 1. The molecule has 0 aliphatic rings. The SMILES string of the molecule is CCOc1cccc(NC(C)CCS(C)=O)c1[N+](=O)[O-]. The van der Waals surface area contributed by atoms with E-state index in [0.29, 0.717) is 24.5 Å². The number of nitro benzene ring substituents is 1. The van der Waals surface area contributed by atoms with Crippen LogP contribution in [0.4, 0.5) is 11.4 Å². The van der Waals surface area contributed by atoms with E-state index in [4.69, 9.17) is 4.74 Å². The third-order valence-corrected chi connectivity index (χ3v) is 3.53. The maximum absolute atomic E-state index is 11.2. The highest BCUT2D eigenvalue weighted by atomic mass is 32.2.